The summed E-state index contributed by atoms with van der Waals surface area (Å²) in [6.45, 7) is 6.07. The first-order valence-corrected chi connectivity index (χ1v) is 9.75. The summed E-state index contributed by atoms with van der Waals surface area (Å²) in [6, 6.07) is 11.0. The molecule has 7 nitrogen and oxygen atoms in total. The predicted molar refractivity (Wildman–Crippen MR) is 111 cm³/mol. The molecular weight excluding hydrogens is 380 g/mol. The highest BCUT2D eigenvalue weighted by molar-refractivity contribution is 6.23. The minimum absolute atomic E-state index is 0.0744. The number of amides is 3. The molecule has 7 heteroatoms. The van der Waals surface area contributed by atoms with Crippen LogP contribution in [0.15, 0.2) is 48.8 Å². The molecule has 2 aromatic rings. The molecule has 1 aliphatic rings. The Morgan fingerprint density at radius 2 is 1.93 bits per heavy atom. The van der Waals surface area contributed by atoms with Crippen molar-refractivity contribution < 1.29 is 14.4 Å². The topological polar surface area (TPSA) is 94.4 Å². The molecule has 2 heterocycles. The summed E-state index contributed by atoms with van der Waals surface area (Å²) >= 11 is 0. The number of hydrogen-bond donors (Lipinski definition) is 0. The molecule has 3 rings (SSSR count). The molecule has 1 aliphatic heterocycles. The molecule has 0 radical (unpaired) electrons. The first-order chi connectivity index (χ1) is 14.2. The number of hydrogen-bond acceptors (Lipinski definition) is 5. The molecule has 0 N–H and O–H groups in total. The van der Waals surface area contributed by atoms with Crippen molar-refractivity contribution in [2.24, 2.45) is 5.41 Å². The van der Waals surface area contributed by atoms with Crippen LogP contribution in [0.2, 0.25) is 0 Å². The van der Waals surface area contributed by atoms with Crippen LogP contribution >= 0.6 is 0 Å². The lowest BCUT2D eigenvalue weighted by atomic mass is 9.91. The van der Waals surface area contributed by atoms with Crippen LogP contribution in [0.4, 0.5) is 5.69 Å². The number of imide groups is 1. The Kier molecular flexibility index (Phi) is 5.97. The van der Waals surface area contributed by atoms with Gasteiger partial charge >= 0.3 is 0 Å². The largest absolute Gasteiger partial charge is 0.326 e. The lowest BCUT2D eigenvalue weighted by Gasteiger charge is -2.30. The van der Waals surface area contributed by atoms with Crippen LogP contribution in [0.25, 0.3) is 0 Å². The smallest absolute Gasteiger partial charge is 0.257 e. The van der Waals surface area contributed by atoms with Gasteiger partial charge in [-0.2, -0.15) is 5.26 Å². The highest BCUT2D eigenvalue weighted by Gasteiger charge is 2.44. The van der Waals surface area contributed by atoms with Gasteiger partial charge in [-0.1, -0.05) is 26.8 Å². The normalized spacial score (nSPS) is 16.5. The number of carbonyl (C=O) groups is 3. The van der Waals surface area contributed by atoms with E-state index in [1.165, 1.54) is 4.90 Å². The zero-order chi connectivity index (χ0) is 21.9. The Morgan fingerprint density at radius 1 is 1.23 bits per heavy atom. The molecule has 1 atom stereocenters. The minimum atomic E-state index is -0.872. The average Bonchev–Trinajstić information content (AvgIpc) is 2.99. The third kappa shape index (κ3) is 4.71. The second-order valence-electron chi connectivity index (χ2n) is 8.57. The molecule has 1 fully saturated rings. The van der Waals surface area contributed by atoms with Crippen molar-refractivity contribution in [1.82, 2.24) is 9.88 Å². The molecule has 1 aromatic carbocycles. The number of pyridine rings is 1. The van der Waals surface area contributed by atoms with Crippen LogP contribution < -0.4 is 4.90 Å². The highest BCUT2D eigenvalue weighted by Crippen LogP contribution is 2.29. The Hall–Kier alpha value is -3.53. The maximum atomic E-state index is 13.2. The fraction of sp³-hybridized carbons (Fsp3) is 0.348. The highest BCUT2D eigenvalue weighted by atomic mass is 16.2. The molecule has 1 unspecified atom stereocenters. The van der Waals surface area contributed by atoms with Crippen molar-refractivity contribution in [3.05, 3.63) is 59.9 Å². The number of aromatic nitrogens is 1. The first-order valence-electron chi connectivity index (χ1n) is 9.75. The van der Waals surface area contributed by atoms with Gasteiger partial charge in [0.2, 0.25) is 11.8 Å². The molecule has 0 aliphatic carbocycles. The number of benzene rings is 1. The third-order valence-corrected chi connectivity index (χ3v) is 4.83. The van der Waals surface area contributed by atoms with E-state index >= 15 is 0 Å². The number of carbonyl (C=O) groups excluding carboxylic acids is 3. The minimum Gasteiger partial charge on any atom is -0.326 e. The van der Waals surface area contributed by atoms with Gasteiger partial charge in [0, 0.05) is 25.4 Å². The molecule has 3 amide bonds. The van der Waals surface area contributed by atoms with E-state index in [9.17, 15) is 14.4 Å². The van der Waals surface area contributed by atoms with E-state index < -0.39 is 11.9 Å². The van der Waals surface area contributed by atoms with Crippen LogP contribution in [0, 0.1) is 16.7 Å². The summed E-state index contributed by atoms with van der Waals surface area (Å²) in [4.78, 5) is 45.7. The number of anilines is 1. The second-order valence-corrected chi connectivity index (χ2v) is 8.57. The van der Waals surface area contributed by atoms with Gasteiger partial charge < -0.3 is 4.90 Å². The zero-order valence-electron chi connectivity index (χ0n) is 17.3. The monoisotopic (exact) mass is 404 g/mol. The third-order valence-electron chi connectivity index (χ3n) is 4.83. The van der Waals surface area contributed by atoms with Gasteiger partial charge in [0.25, 0.3) is 5.91 Å². The van der Waals surface area contributed by atoms with Gasteiger partial charge in [-0.05, 0) is 41.3 Å². The fourth-order valence-electron chi connectivity index (χ4n) is 3.43. The summed E-state index contributed by atoms with van der Waals surface area (Å²) in [5.41, 5.74) is 1.36. The van der Waals surface area contributed by atoms with Gasteiger partial charge in [0.05, 0.1) is 23.7 Å². The standard InChI is InChI=1S/C23H24N4O3/c1-23(2,3)12-21(29)26(15-17-5-4-10-25-14-17)19-11-20(28)27(22(19)30)18-8-6-16(13-24)7-9-18/h4-10,14,19H,11-12,15H2,1-3H3. The summed E-state index contributed by atoms with van der Waals surface area (Å²) in [7, 11) is 0. The molecule has 0 bridgehead atoms. The van der Waals surface area contributed by atoms with Crippen molar-refractivity contribution >= 4 is 23.4 Å². The van der Waals surface area contributed by atoms with Gasteiger partial charge in [0.1, 0.15) is 6.04 Å². The molecule has 1 aromatic heterocycles. The summed E-state index contributed by atoms with van der Waals surface area (Å²) in [5.74, 6) is -0.982. The summed E-state index contributed by atoms with van der Waals surface area (Å²) in [5, 5.41) is 8.96. The molecule has 0 spiro atoms. The van der Waals surface area contributed by atoms with E-state index in [1.807, 2.05) is 32.9 Å². The zero-order valence-corrected chi connectivity index (χ0v) is 17.3. The van der Waals surface area contributed by atoms with Gasteiger partial charge in [0.15, 0.2) is 0 Å². The molecule has 30 heavy (non-hydrogen) atoms. The van der Waals surface area contributed by atoms with Crippen LogP contribution in [-0.2, 0) is 20.9 Å². The van der Waals surface area contributed by atoms with Crippen LogP contribution in [-0.4, -0.2) is 33.6 Å². The summed E-state index contributed by atoms with van der Waals surface area (Å²) in [6.07, 6.45) is 3.47. The molecule has 1 saturated heterocycles. The first kappa shape index (κ1) is 21.2. The molecular formula is C23H24N4O3. The van der Waals surface area contributed by atoms with E-state index in [0.29, 0.717) is 11.3 Å². The van der Waals surface area contributed by atoms with Crippen LogP contribution in [0.1, 0.15) is 44.7 Å². The predicted octanol–water partition coefficient (Wildman–Crippen LogP) is 3.05. The maximum Gasteiger partial charge on any atom is 0.257 e. The molecule has 154 valence electrons. The van der Waals surface area contributed by atoms with Crippen LogP contribution in [0.5, 0.6) is 0 Å². The van der Waals surface area contributed by atoms with E-state index in [0.717, 1.165) is 10.5 Å². The van der Waals surface area contributed by atoms with Gasteiger partial charge in [-0.3, -0.25) is 19.4 Å². The Labute approximate surface area is 175 Å². The SMILES string of the molecule is CC(C)(C)CC(=O)N(Cc1cccnc1)C1CC(=O)N(c2ccc(C#N)cc2)C1=O. The number of nitriles is 1. The quantitative estimate of drug-likeness (QED) is 0.714. The van der Waals surface area contributed by atoms with E-state index in [-0.39, 0.29) is 36.6 Å². The second kappa shape index (κ2) is 8.46. The van der Waals surface area contributed by atoms with E-state index in [2.05, 4.69) is 4.98 Å². The van der Waals surface area contributed by atoms with Crippen molar-refractivity contribution in [3.8, 4) is 6.07 Å². The number of rotatable bonds is 5. The molecule has 0 saturated carbocycles. The van der Waals surface area contributed by atoms with E-state index in [4.69, 9.17) is 5.26 Å². The maximum absolute atomic E-state index is 13.2. The fourth-order valence-corrected chi connectivity index (χ4v) is 3.43. The van der Waals surface area contributed by atoms with Crippen molar-refractivity contribution in [1.29, 1.82) is 5.26 Å². The van der Waals surface area contributed by atoms with Crippen molar-refractivity contribution in [3.63, 3.8) is 0 Å². The van der Waals surface area contributed by atoms with Gasteiger partial charge in [-0.15, -0.1) is 0 Å². The Morgan fingerprint density at radius 3 is 2.50 bits per heavy atom. The van der Waals surface area contributed by atoms with E-state index in [1.54, 1.807) is 42.7 Å². The lowest BCUT2D eigenvalue weighted by molar-refractivity contribution is -0.140. The average molecular weight is 404 g/mol. The Balaban J connectivity index is 1.90. The lowest BCUT2D eigenvalue weighted by Crippen LogP contribution is -2.46. The summed E-state index contributed by atoms with van der Waals surface area (Å²) < 4.78 is 0. The van der Waals surface area contributed by atoms with Crippen molar-refractivity contribution in [2.75, 3.05) is 4.90 Å². The van der Waals surface area contributed by atoms with Gasteiger partial charge in [-0.25, -0.2) is 4.90 Å². The van der Waals surface area contributed by atoms with Crippen molar-refractivity contribution in [2.45, 2.75) is 46.2 Å². The van der Waals surface area contributed by atoms with Crippen LogP contribution in [0.3, 0.4) is 0 Å². The Bertz CT molecular complexity index is 988. The number of nitrogens with zero attached hydrogens (tertiary/aromatic N) is 4.